The van der Waals surface area contributed by atoms with Crippen molar-refractivity contribution in [3.05, 3.63) is 0 Å². The number of carbonyl (C=O) groups excluding carboxylic acids is 2. The molecule has 0 bridgehead atoms. The Hall–Kier alpha value is -0.740. The summed E-state index contributed by atoms with van der Waals surface area (Å²) in [4.78, 5) is 26.7. The van der Waals surface area contributed by atoms with Gasteiger partial charge in [0.15, 0.2) is 0 Å². The smallest absolute Gasteiger partial charge is 0.139 e. The Kier molecular flexibility index (Phi) is 10.8. The van der Waals surface area contributed by atoms with Crippen LogP contribution in [0.15, 0.2) is 0 Å². The highest BCUT2D eigenvalue weighted by Gasteiger charge is 2.40. The van der Waals surface area contributed by atoms with Crippen molar-refractivity contribution < 1.29 is 19.1 Å². The standard InChI is InChI=1S/C38H62O4/c1-25-3-5-28(6-4-25)37(39)29-11-7-26(8-12-29)27-9-13-30(14-10-27)38(40)31-15-19-34(20-16-31)42-36-22-18-32-23-35(41-2)21-17-33(32)24-36/h25-36H,3-24H2,1-2H3. The Morgan fingerprint density at radius 1 is 0.429 bits per heavy atom. The zero-order valence-corrected chi connectivity index (χ0v) is 27.1. The minimum absolute atomic E-state index is 0.288. The molecule has 6 aliphatic rings. The van der Waals surface area contributed by atoms with Crippen LogP contribution in [0, 0.1) is 53.3 Å². The summed E-state index contributed by atoms with van der Waals surface area (Å²) in [6.07, 6.45) is 27.4. The summed E-state index contributed by atoms with van der Waals surface area (Å²) in [6.45, 7) is 2.34. The monoisotopic (exact) mass is 582 g/mol. The van der Waals surface area contributed by atoms with Crippen LogP contribution in [0.2, 0.25) is 0 Å². The number of ether oxygens (including phenoxy) is 2. The van der Waals surface area contributed by atoms with Crippen molar-refractivity contribution in [3.63, 3.8) is 0 Å². The van der Waals surface area contributed by atoms with Gasteiger partial charge in [-0.25, -0.2) is 0 Å². The number of methoxy groups -OCH3 is 1. The molecule has 0 aromatic carbocycles. The summed E-state index contributed by atoms with van der Waals surface area (Å²) >= 11 is 0. The van der Waals surface area contributed by atoms with E-state index in [1.807, 2.05) is 7.11 Å². The van der Waals surface area contributed by atoms with Crippen LogP contribution in [-0.2, 0) is 19.1 Å². The van der Waals surface area contributed by atoms with Crippen molar-refractivity contribution in [2.75, 3.05) is 7.11 Å². The predicted molar refractivity (Wildman–Crippen MR) is 168 cm³/mol. The van der Waals surface area contributed by atoms with Gasteiger partial charge in [-0.05, 0) is 158 Å². The zero-order chi connectivity index (χ0) is 29.1. The first-order valence-electron chi connectivity index (χ1n) is 18.7. The third-order valence-corrected chi connectivity index (χ3v) is 13.7. The predicted octanol–water partition coefficient (Wildman–Crippen LogP) is 9.12. The third kappa shape index (κ3) is 7.55. The molecule has 6 fully saturated rings. The fourth-order valence-corrected chi connectivity index (χ4v) is 10.9. The Morgan fingerprint density at radius 2 is 0.786 bits per heavy atom. The second-order valence-electron chi connectivity index (χ2n) is 16.2. The lowest BCUT2D eigenvalue weighted by atomic mass is 9.66. The van der Waals surface area contributed by atoms with Crippen molar-refractivity contribution >= 4 is 11.6 Å². The molecule has 0 aromatic heterocycles. The van der Waals surface area contributed by atoms with Gasteiger partial charge in [-0.3, -0.25) is 9.59 Å². The van der Waals surface area contributed by atoms with Crippen molar-refractivity contribution in [3.8, 4) is 0 Å². The molecule has 4 nitrogen and oxygen atoms in total. The number of ketones is 2. The SMILES string of the molecule is COC1CCC2CC(OC3CCC(C(=O)C4CCC(C5CCC(C(=O)C6CCC(C)CC6)CC5)CC4)CC3)CCC2C1. The first-order valence-corrected chi connectivity index (χ1v) is 18.7. The van der Waals surface area contributed by atoms with Crippen LogP contribution in [0.4, 0.5) is 0 Å². The molecule has 4 atom stereocenters. The average molecular weight is 583 g/mol. The quantitative estimate of drug-likeness (QED) is 0.286. The van der Waals surface area contributed by atoms with E-state index in [2.05, 4.69) is 6.92 Å². The Labute approximate surface area is 257 Å². The second-order valence-corrected chi connectivity index (χ2v) is 16.2. The van der Waals surface area contributed by atoms with Crippen LogP contribution in [0.1, 0.15) is 148 Å². The topological polar surface area (TPSA) is 52.6 Å². The van der Waals surface area contributed by atoms with Gasteiger partial charge in [0.25, 0.3) is 0 Å². The van der Waals surface area contributed by atoms with E-state index in [0.29, 0.717) is 47.6 Å². The average Bonchev–Trinajstić information content (AvgIpc) is 3.05. The molecule has 238 valence electrons. The maximum absolute atomic E-state index is 13.5. The van der Waals surface area contributed by atoms with Crippen LogP contribution in [0.5, 0.6) is 0 Å². The van der Waals surface area contributed by atoms with Crippen molar-refractivity contribution in [1.29, 1.82) is 0 Å². The third-order valence-electron chi connectivity index (χ3n) is 13.7. The van der Waals surface area contributed by atoms with Gasteiger partial charge in [0.2, 0.25) is 0 Å². The summed E-state index contributed by atoms with van der Waals surface area (Å²) in [5.74, 6) is 6.63. The van der Waals surface area contributed by atoms with Crippen LogP contribution in [0.3, 0.4) is 0 Å². The number of rotatable bonds is 8. The maximum Gasteiger partial charge on any atom is 0.139 e. The number of fused-ring (bicyclic) bond motifs is 1. The fourth-order valence-electron chi connectivity index (χ4n) is 10.9. The van der Waals surface area contributed by atoms with E-state index in [1.165, 1.54) is 77.0 Å². The Bertz CT molecular complexity index is 868. The van der Waals surface area contributed by atoms with Crippen LogP contribution in [0.25, 0.3) is 0 Å². The molecular weight excluding hydrogens is 520 g/mol. The molecule has 6 saturated carbocycles. The Morgan fingerprint density at radius 3 is 1.26 bits per heavy atom. The van der Waals surface area contributed by atoms with Gasteiger partial charge in [0.1, 0.15) is 11.6 Å². The number of Topliss-reactive ketones (excluding diaryl/α,β-unsaturated/α-hetero) is 2. The van der Waals surface area contributed by atoms with E-state index in [4.69, 9.17) is 9.47 Å². The summed E-state index contributed by atoms with van der Waals surface area (Å²) in [5.41, 5.74) is 0. The highest BCUT2D eigenvalue weighted by molar-refractivity contribution is 5.84. The van der Waals surface area contributed by atoms with E-state index >= 15 is 0 Å². The largest absolute Gasteiger partial charge is 0.381 e. The molecule has 4 unspecified atom stereocenters. The lowest BCUT2D eigenvalue weighted by Gasteiger charge is -2.43. The summed E-state index contributed by atoms with van der Waals surface area (Å²) < 4.78 is 12.3. The minimum atomic E-state index is 0.288. The molecule has 0 aromatic rings. The lowest BCUT2D eigenvalue weighted by molar-refractivity contribution is -0.132. The molecule has 0 spiro atoms. The van der Waals surface area contributed by atoms with Crippen LogP contribution >= 0.6 is 0 Å². The van der Waals surface area contributed by atoms with Gasteiger partial charge in [0, 0.05) is 30.8 Å². The molecule has 4 heteroatoms. The van der Waals surface area contributed by atoms with Crippen LogP contribution < -0.4 is 0 Å². The van der Waals surface area contributed by atoms with Gasteiger partial charge in [0.05, 0.1) is 18.3 Å². The van der Waals surface area contributed by atoms with E-state index in [0.717, 1.165) is 93.8 Å². The fraction of sp³-hybridized carbons (Fsp3) is 0.947. The molecule has 0 amide bonds. The zero-order valence-electron chi connectivity index (χ0n) is 27.1. The number of hydrogen-bond acceptors (Lipinski definition) is 4. The number of hydrogen-bond donors (Lipinski definition) is 0. The maximum atomic E-state index is 13.5. The van der Waals surface area contributed by atoms with Gasteiger partial charge in [-0.2, -0.15) is 0 Å². The molecule has 6 aliphatic carbocycles. The molecule has 6 rings (SSSR count). The molecule has 0 N–H and O–H groups in total. The summed E-state index contributed by atoms with van der Waals surface area (Å²) in [5, 5.41) is 0. The lowest BCUT2D eigenvalue weighted by Crippen LogP contribution is -2.39. The van der Waals surface area contributed by atoms with Crippen LogP contribution in [-0.4, -0.2) is 37.0 Å². The summed E-state index contributed by atoms with van der Waals surface area (Å²) in [7, 11) is 1.88. The van der Waals surface area contributed by atoms with Crippen molar-refractivity contribution in [1.82, 2.24) is 0 Å². The van der Waals surface area contributed by atoms with E-state index < -0.39 is 0 Å². The van der Waals surface area contributed by atoms with Gasteiger partial charge in [-0.1, -0.05) is 19.8 Å². The molecule has 0 saturated heterocycles. The van der Waals surface area contributed by atoms with Gasteiger partial charge < -0.3 is 9.47 Å². The normalized spacial score (nSPS) is 45.1. The highest BCUT2D eigenvalue weighted by Crippen LogP contribution is 2.45. The number of carbonyl (C=O) groups is 2. The van der Waals surface area contributed by atoms with Gasteiger partial charge >= 0.3 is 0 Å². The van der Waals surface area contributed by atoms with Crippen molar-refractivity contribution in [2.24, 2.45) is 53.3 Å². The van der Waals surface area contributed by atoms with Crippen molar-refractivity contribution in [2.45, 2.75) is 166 Å². The van der Waals surface area contributed by atoms with E-state index in [-0.39, 0.29) is 5.92 Å². The Balaban J connectivity index is 0.869. The first-order chi connectivity index (χ1) is 20.5. The summed E-state index contributed by atoms with van der Waals surface area (Å²) in [6, 6.07) is 0. The van der Waals surface area contributed by atoms with E-state index in [1.54, 1.807) is 0 Å². The molecule has 42 heavy (non-hydrogen) atoms. The molecule has 0 radical (unpaired) electrons. The van der Waals surface area contributed by atoms with Gasteiger partial charge in [-0.15, -0.1) is 0 Å². The molecule has 0 aliphatic heterocycles. The minimum Gasteiger partial charge on any atom is -0.381 e. The van der Waals surface area contributed by atoms with E-state index in [9.17, 15) is 9.59 Å². The second kappa shape index (κ2) is 14.6. The first kappa shape index (κ1) is 31.3. The molecular formula is C38H62O4. The molecule has 0 heterocycles. The highest BCUT2D eigenvalue weighted by atomic mass is 16.5.